The van der Waals surface area contributed by atoms with Gasteiger partial charge in [-0.25, -0.2) is 13.9 Å². The first-order valence-corrected chi connectivity index (χ1v) is 12.3. The van der Waals surface area contributed by atoms with Gasteiger partial charge in [0.2, 0.25) is 5.91 Å². The lowest BCUT2D eigenvalue weighted by Gasteiger charge is -2.32. The highest BCUT2D eigenvalue weighted by molar-refractivity contribution is 5.87. The predicted octanol–water partition coefficient (Wildman–Crippen LogP) is 3.30. The topological polar surface area (TPSA) is 105 Å². The molecule has 2 aliphatic rings. The van der Waals surface area contributed by atoms with E-state index in [1.165, 1.54) is 12.4 Å². The minimum atomic E-state index is -0.538. The van der Waals surface area contributed by atoms with Crippen LogP contribution in [0.4, 0.5) is 9.18 Å². The minimum Gasteiger partial charge on any atom is -0.352 e. The first kappa shape index (κ1) is 24.1. The van der Waals surface area contributed by atoms with Crippen LogP contribution in [0.2, 0.25) is 0 Å². The maximum absolute atomic E-state index is 14.0. The molecule has 1 aliphatic carbocycles. The van der Waals surface area contributed by atoms with Crippen molar-refractivity contribution in [2.24, 2.45) is 5.92 Å². The molecular weight excluding hydrogens is 437 g/mol. The molecule has 2 N–H and O–H groups in total. The minimum absolute atomic E-state index is 0.0463. The van der Waals surface area contributed by atoms with Crippen LogP contribution in [0.3, 0.4) is 0 Å². The van der Waals surface area contributed by atoms with E-state index in [4.69, 9.17) is 0 Å². The lowest BCUT2D eigenvalue weighted by Crippen LogP contribution is -2.55. The number of likely N-dealkylation sites (tertiary alicyclic amines) is 1. The van der Waals surface area contributed by atoms with Gasteiger partial charge in [0, 0.05) is 30.9 Å². The molecule has 2 atom stereocenters. The summed E-state index contributed by atoms with van der Waals surface area (Å²) in [5, 5.41) is 14.5. The SMILES string of the molecule is CCC(C)[C@H](NC(=O)N1CCCC1)C(=O)NC1CCC(n2cc(-c3ccncc3F)nn2)CC1. The first-order valence-electron chi connectivity index (χ1n) is 12.3. The smallest absolute Gasteiger partial charge is 0.318 e. The number of nitrogens with one attached hydrogen (secondary N) is 2. The molecule has 10 heteroatoms. The molecule has 184 valence electrons. The third-order valence-corrected chi connectivity index (χ3v) is 7.14. The van der Waals surface area contributed by atoms with Gasteiger partial charge in [-0.2, -0.15) is 0 Å². The number of pyridine rings is 1. The summed E-state index contributed by atoms with van der Waals surface area (Å²) in [7, 11) is 0. The van der Waals surface area contributed by atoms with Crippen LogP contribution in [0.5, 0.6) is 0 Å². The molecule has 1 saturated heterocycles. The molecule has 1 aliphatic heterocycles. The molecule has 34 heavy (non-hydrogen) atoms. The number of urea groups is 1. The highest BCUT2D eigenvalue weighted by Gasteiger charge is 2.31. The van der Waals surface area contributed by atoms with Gasteiger partial charge in [-0.15, -0.1) is 5.10 Å². The van der Waals surface area contributed by atoms with Gasteiger partial charge in [-0.05, 0) is 50.5 Å². The molecule has 3 amide bonds. The van der Waals surface area contributed by atoms with Crippen molar-refractivity contribution < 1.29 is 14.0 Å². The molecule has 3 heterocycles. The van der Waals surface area contributed by atoms with E-state index in [0.717, 1.165) is 58.0 Å². The summed E-state index contributed by atoms with van der Waals surface area (Å²) in [6.07, 6.45) is 10.6. The van der Waals surface area contributed by atoms with Crippen molar-refractivity contribution in [3.63, 3.8) is 0 Å². The number of carbonyl (C=O) groups is 2. The largest absolute Gasteiger partial charge is 0.352 e. The maximum Gasteiger partial charge on any atom is 0.318 e. The Morgan fingerprint density at radius 2 is 1.94 bits per heavy atom. The number of rotatable bonds is 7. The second-order valence-electron chi connectivity index (χ2n) is 9.46. The van der Waals surface area contributed by atoms with Gasteiger partial charge in [0.05, 0.1) is 18.4 Å². The van der Waals surface area contributed by atoms with E-state index in [-0.39, 0.29) is 29.9 Å². The normalized spacial score (nSPS) is 22.3. The number of hydrogen-bond acceptors (Lipinski definition) is 5. The highest BCUT2D eigenvalue weighted by Crippen LogP contribution is 2.29. The second-order valence-corrected chi connectivity index (χ2v) is 9.46. The zero-order chi connectivity index (χ0) is 24.1. The summed E-state index contributed by atoms with van der Waals surface area (Å²) in [5.41, 5.74) is 0.870. The quantitative estimate of drug-likeness (QED) is 0.645. The van der Waals surface area contributed by atoms with Crippen LogP contribution >= 0.6 is 0 Å². The van der Waals surface area contributed by atoms with Crippen LogP contribution in [0.1, 0.15) is 64.8 Å². The molecule has 1 unspecified atom stereocenters. The van der Waals surface area contributed by atoms with Crippen LogP contribution in [-0.2, 0) is 4.79 Å². The van der Waals surface area contributed by atoms with E-state index in [1.54, 1.807) is 21.8 Å². The first-order chi connectivity index (χ1) is 16.5. The Hall–Kier alpha value is -3.04. The fourth-order valence-electron chi connectivity index (χ4n) is 4.78. The van der Waals surface area contributed by atoms with Crippen molar-refractivity contribution in [1.82, 2.24) is 35.5 Å². The van der Waals surface area contributed by atoms with Crippen LogP contribution in [-0.4, -0.2) is 62.0 Å². The van der Waals surface area contributed by atoms with Crippen LogP contribution in [0, 0.1) is 11.7 Å². The molecule has 1 saturated carbocycles. The standard InChI is InChI=1S/C24H34FN7O2/c1-3-16(2)22(28-24(34)31-12-4-5-13-31)23(33)27-17-6-8-18(9-7-17)32-15-21(29-30-32)19-10-11-26-14-20(19)25/h10-11,14-18,22H,3-9,12-13H2,1-2H3,(H,27,33)(H,28,34)/t16?,17?,18?,22-/m0/s1. The predicted molar refractivity (Wildman–Crippen MR) is 125 cm³/mol. The average molecular weight is 472 g/mol. The number of aromatic nitrogens is 4. The van der Waals surface area contributed by atoms with Gasteiger partial charge >= 0.3 is 6.03 Å². The number of carbonyl (C=O) groups excluding carboxylic acids is 2. The Labute approximate surface area is 199 Å². The third kappa shape index (κ3) is 5.53. The van der Waals surface area contributed by atoms with Crippen molar-refractivity contribution in [2.75, 3.05) is 13.1 Å². The molecule has 0 bridgehead atoms. The van der Waals surface area contributed by atoms with E-state index in [1.807, 2.05) is 13.8 Å². The second kappa shape index (κ2) is 10.9. The van der Waals surface area contributed by atoms with E-state index >= 15 is 0 Å². The molecule has 2 aromatic heterocycles. The number of hydrogen-bond donors (Lipinski definition) is 2. The molecule has 0 spiro atoms. The van der Waals surface area contributed by atoms with Crippen LogP contribution < -0.4 is 10.6 Å². The lowest BCUT2D eigenvalue weighted by molar-refractivity contribution is -0.125. The molecule has 4 rings (SSSR count). The van der Waals surface area contributed by atoms with Gasteiger partial charge in [0.25, 0.3) is 0 Å². The Morgan fingerprint density at radius 3 is 2.62 bits per heavy atom. The Morgan fingerprint density at radius 1 is 1.21 bits per heavy atom. The summed E-state index contributed by atoms with van der Waals surface area (Å²) in [4.78, 5) is 31.2. The summed E-state index contributed by atoms with van der Waals surface area (Å²) in [6.45, 7) is 5.53. The van der Waals surface area contributed by atoms with Crippen molar-refractivity contribution in [1.29, 1.82) is 0 Å². The fraction of sp³-hybridized carbons (Fsp3) is 0.625. The monoisotopic (exact) mass is 471 g/mol. The fourth-order valence-corrected chi connectivity index (χ4v) is 4.78. The van der Waals surface area contributed by atoms with Crippen molar-refractivity contribution in [2.45, 2.75) is 76.9 Å². The maximum atomic E-state index is 14.0. The van der Waals surface area contributed by atoms with E-state index in [9.17, 15) is 14.0 Å². The summed E-state index contributed by atoms with van der Waals surface area (Å²) < 4.78 is 15.8. The third-order valence-electron chi connectivity index (χ3n) is 7.14. The molecule has 2 aromatic rings. The van der Waals surface area contributed by atoms with Gasteiger partial charge < -0.3 is 15.5 Å². The van der Waals surface area contributed by atoms with Gasteiger partial charge in [-0.1, -0.05) is 25.5 Å². The summed E-state index contributed by atoms with van der Waals surface area (Å²) >= 11 is 0. The van der Waals surface area contributed by atoms with Gasteiger partial charge in [0.1, 0.15) is 11.7 Å². The van der Waals surface area contributed by atoms with Crippen LogP contribution in [0.25, 0.3) is 11.3 Å². The Bertz CT molecular complexity index is 983. The van der Waals surface area contributed by atoms with E-state index < -0.39 is 11.9 Å². The zero-order valence-electron chi connectivity index (χ0n) is 19.9. The Kier molecular flexibility index (Phi) is 7.74. The number of nitrogens with zero attached hydrogens (tertiary/aromatic N) is 5. The van der Waals surface area contributed by atoms with E-state index in [0.29, 0.717) is 11.3 Å². The number of amides is 3. The van der Waals surface area contributed by atoms with E-state index in [2.05, 4.69) is 25.9 Å². The lowest BCUT2D eigenvalue weighted by atomic mass is 9.90. The molecule has 9 nitrogen and oxygen atoms in total. The van der Waals surface area contributed by atoms with Gasteiger partial charge in [-0.3, -0.25) is 9.78 Å². The summed E-state index contributed by atoms with van der Waals surface area (Å²) in [6, 6.07) is 1.11. The zero-order valence-corrected chi connectivity index (χ0v) is 19.9. The molecule has 2 fully saturated rings. The highest BCUT2D eigenvalue weighted by atomic mass is 19.1. The summed E-state index contributed by atoms with van der Waals surface area (Å²) in [5.74, 6) is -0.486. The molecule has 0 aromatic carbocycles. The molecule has 0 radical (unpaired) electrons. The van der Waals surface area contributed by atoms with Crippen molar-refractivity contribution in [3.05, 3.63) is 30.5 Å². The van der Waals surface area contributed by atoms with Crippen LogP contribution in [0.15, 0.2) is 24.7 Å². The Balaban J connectivity index is 1.31. The van der Waals surface area contributed by atoms with Crippen molar-refractivity contribution >= 4 is 11.9 Å². The van der Waals surface area contributed by atoms with Gasteiger partial charge in [0.15, 0.2) is 5.82 Å². The van der Waals surface area contributed by atoms with Crippen molar-refractivity contribution in [3.8, 4) is 11.3 Å². The molecular formula is C24H34FN7O2. The average Bonchev–Trinajstić information content (AvgIpc) is 3.55. The number of halogens is 1.